The number of nitrogens with one attached hydrogen (secondary N) is 1. The fourth-order valence-corrected chi connectivity index (χ4v) is 5.91. The van der Waals surface area contributed by atoms with Gasteiger partial charge in [-0.15, -0.1) is 0 Å². The van der Waals surface area contributed by atoms with Gasteiger partial charge in [0.1, 0.15) is 18.4 Å². The molecule has 0 heterocycles. The van der Waals surface area contributed by atoms with Gasteiger partial charge in [0.05, 0.1) is 10.6 Å². The lowest BCUT2D eigenvalue weighted by Gasteiger charge is -2.34. The molecule has 2 atom stereocenters. The summed E-state index contributed by atoms with van der Waals surface area (Å²) in [5, 5.41) is 2.95. The second-order valence-corrected chi connectivity index (χ2v) is 11.6. The second kappa shape index (κ2) is 14.1. The van der Waals surface area contributed by atoms with Crippen LogP contribution in [0.25, 0.3) is 0 Å². The highest BCUT2D eigenvalue weighted by atomic mass is 32.2. The first-order chi connectivity index (χ1) is 19.1. The maximum Gasteiger partial charge on any atom is 0.264 e. The highest BCUT2D eigenvalue weighted by Crippen LogP contribution is 2.28. The molecule has 0 spiro atoms. The zero-order chi connectivity index (χ0) is 29.3. The van der Waals surface area contributed by atoms with E-state index in [0.29, 0.717) is 30.5 Å². The molecular formula is C31H38FN3O4S. The number of hydrogen-bond donors (Lipinski definition) is 1. The molecule has 9 heteroatoms. The Bertz CT molecular complexity index is 1380. The maximum absolute atomic E-state index is 14.1. The van der Waals surface area contributed by atoms with Crippen LogP contribution in [-0.4, -0.2) is 43.8 Å². The van der Waals surface area contributed by atoms with E-state index in [1.807, 2.05) is 32.9 Å². The van der Waals surface area contributed by atoms with Crippen molar-refractivity contribution in [1.29, 1.82) is 0 Å². The number of benzene rings is 3. The van der Waals surface area contributed by atoms with Crippen molar-refractivity contribution in [2.45, 2.75) is 70.5 Å². The van der Waals surface area contributed by atoms with Crippen LogP contribution < -0.4 is 9.62 Å². The number of sulfonamides is 1. The smallest absolute Gasteiger partial charge is 0.264 e. The Balaban J connectivity index is 2.08. The van der Waals surface area contributed by atoms with Crippen molar-refractivity contribution in [1.82, 2.24) is 10.2 Å². The third-order valence-corrected chi connectivity index (χ3v) is 8.68. The van der Waals surface area contributed by atoms with Crippen molar-refractivity contribution in [3.63, 3.8) is 0 Å². The molecule has 1 N–H and O–H groups in total. The quantitative estimate of drug-likeness (QED) is 0.304. The van der Waals surface area contributed by atoms with Crippen LogP contribution in [0.1, 0.15) is 51.7 Å². The van der Waals surface area contributed by atoms with Crippen LogP contribution >= 0.6 is 0 Å². The first-order valence-corrected chi connectivity index (χ1v) is 15.1. The van der Waals surface area contributed by atoms with Gasteiger partial charge in [0, 0.05) is 12.6 Å². The van der Waals surface area contributed by atoms with Gasteiger partial charge in [0.25, 0.3) is 10.0 Å². The van der Waals surface area contributed by atoms with Crippen molar-refractivity contribution in [3.05, 3.63) is 95.8 Å². The number of aryl methyl sites for hydroxylation is 1. The molecule has 3 aromatic rings. The van der Waals surface area contributed by atoms with E-state index in [4.69, 9.17) is 0 Å². The summed E-state index contributed by atoms with van der Waals surface area (Å²) in [6, 6.07) is 19.8. The van der Waals surface area contributed by atoms with E-state index in [1.54, 1.807) is 49.4 Å². The number of rotatable bonds is 13. The van der Waals surface area contributed by atoms with E-state index in [-0.39, 0.29) is 23.4 Å². The van der Waals surface area contributed by atoms with E-state index in [1.165, 1.54) is 29.2 Å². The van der Waals surface area contributed by atoms with Crippen LogP contribution in [0.15, 0.2) is 83.8 Å². The summed E-state index contributed by atoms with van der Waals surface area (Å²) in [5.74, 6) is -1.28. The first-order valence-electron chi connectivity index (χ1n) is 13.6. The normalized spacial score (nSPS) is 12.8. The van der Waals surface area contributed by atoms with Gasteiger partial charge >= 0.3 is 0 Å². The van der Waals surface area contributed by atoms with Crippen LogP contribution in [-0.2, 0) is 32.6 Å². The van der Waals surface area contributed by atoms with E-state index < -0.39 is 34.3 Å². The van der Waals surface area contributed by atoms with E-state index in [0.717, 1.165) is 9.87 Å². The van der Waals surface area contributed by atoms with Gasteiger partial charge in [-0.05, 0) is 67.6 Å². The number of amides is 2. The van der Waals surface area contributed by atoms with Crippen LogP contribution in [0.5, 0.6) is 0 Å². The molecule has 0 saturated carbocycles. The molecule has 0 bridgehead atoms. The van der Waals surface area contributed by atoms with Crippen LogP contribution in [0.2, 0.25) is 0 Å². The van der Waals surface area contributed by atoms with Crippen molar-refractivity contribution in [2.75, 3.05) is 10.8 Å². The van der Waals surface area contributed by atoms with Gasteiger partial charge in [-0.2, -0.15) is 0 Å². The molecule has 3 rings (SSSR count). The molecule has 214 valence electrons. The molecule has 40 heavy (non-hydrogen) atoms. The van der Waals surface area contributed by atoms with Gasteiger partial charge < -0.3 is 10.2 Å². The van der Waals surface area contributed by atoms with Crippen molar-refractivity contribution < 1.29 is 22.4 Å². The van der Waals surface area contributed by atoms with Gasteiger partial charge in [0.15, 0.2) is 0 Å². The van der Waals surface area contributed by atoms with Crippen LogP contribution in [0.3, 0.4) is 0 Å². The molecule has 3 aromatic carbocycles. The van der Waals surface area contributed by atoms with Gasteiger partial charge in [-0.1, -0.05) is 69.3 Å². The summed E-state index contributed by atoms with van der Waals surface area (Å²) < 4.78 is 42.6. The van der Waals surface area contributed by atoms with Crippen molar-refractivity contribution in [3.8, 4) is 0 Å². The molecule has 0 saturated heterocycles. The minimum Gasteiger partial charge on any atom is -0.352 e. The van der Waals surface area contributed by atoms with Crippen molar-refractivity contribution in [2.24, 2.45) is 0 Å². The predicted octanol–water partition coefficient (Wildman–Crippen LogP) is 5.31. The maximum atomic E-state index is 14.1. The summed E-state index contributed by atoms with van der Waals surface area (Å²) in [7, 11) is -4.13. The number of halogens is 1. The Morgan fingerprint density at radius 3 is 2.10 bits per heavy atom. The Morgan fingerprint density at radius 2 is 1.50 bits per heavy atom. The summed E-state index contributed by atoms with van der Waals surface area (Å²) >= 11 is 0. The Hall–Kier alpha value is -3.72. The highest BCUT2D eigenvalue weighted by molar-refractivity contribution is 7.92. The second-order valence-electron chi connectivity index (χ2n) is 9.70. The zero-order valence-electron chi connectivity index (χ0n) is 23.5. The lowest BCUT2D eigenvalue weighted by atomic mass is 10.1. The summed E-state index contributed by atoms with van der Waals surface area (Å²) in [6.07, 6.45) is 1.58. The zero-order valence-corrected chi connectivity index (χ0v) is 24.3. The SMILES string of the molecule is CCc1ccccc1N(CC(=O)N(Cc1ccc(F)cc1)[C@H](CC)C(=O)N[C@H](C)CC)S(=O)(=O)c1ccccc1. The Labute approximate surface area is 237 Å². The average molecular weight is 568 g/mol. The fraction of sp³-hybridized carbons (Fsp3) is 0.355. The van der Waals surface area contributed by atoms with E-state index in [9.17, 15) is 22.4 Å². The minimum absolute atomic E-state index is 0.0141. The molecule has 0 aromatic heterocycles. The molecule has 0 unspecified atom stereocenters. The molecule has 7 nitrogen and oxygen atoms in total. The number of hydrogen-bond acceptors (Lipinski definition) is 4. The molecule has 0 aliphatic heterocycles. The van der Waals surface area contributed by atoms with Crippen molar-refractivity contribution >= 4 is 27.5 Å². The molecule has 2 amide bonds. The molecule has 0 aliphatic rings. The third kappa shape index (κ3) is 7.47. The predicted molar refractivity (Wildman–Crippen MR) is 156 cm³/mol. The minimum atomic E-state index is -4.13. The highest BCUT2D eigenvalue weighted by Gasteiger charge is 2.34. The number of nitrogens with zero attached hydrogens (tertiary/aromatic N) is 2. The molecular weight excluding hydrogens is 529 g/mol. The largest absolute Gasteiger partial charge is 0.352 e. The number of anilines is 1. The monoisotopic (exact) mass is 567 g/mol. The lowest BCUT2D eigenvalue weighted by Crippen LogP contribution is -2.53. The third-order valence-electron chi connectivity index (χ3n) is 6.90. The molecule has 0 fully saturated rings. The van der Waals surface area contributed by atoms with Gasteiger partial charge in [-0.25, -0.2) is 12.8 Å². The van der Waals surface area contributed by atoms with Crippen LogP contribution in [0.4, 0.5) is 10.1 Å². The number of carbonyl (C=O) groups excluding carboxylic acids is 2. The van der Waals surface area contributed by atoms with Gasteiger partial charge in [0.2, 0.25) is 11.8 Å². The Kier molecular flexibility index (Phi) is 10.8. The molecule has 0 aliphatic carbocycles. The summed E-state index contributed by atoms with van der Waals surface area (Å²) in [6.45, 7) is 7.05. The number of carbonyl (C=O) groups is 2. The van der Waals surface area contributed by atoms with Gasteiger partial charge in [-0.3, -0.25) is 13.9 Å². The standard InChI is InChI=1S/C31H38FN3O4S/c1-5-23(4)33-31(37)28(7-3)34(21-24-17-19-26(32)20-18-24)30(36)22-35(29-16-12-11-13-25(29)6-2)40(38,39)27-14-9-8-10-15-27/h8-20,23,28H,5-7,21-22H2,1-4H3,(H,33,37)/t23-,28-/m1/s1. The van der Waals surface area contributed by atoms with E-state index in [2.05, 4.69) is 5.32 Å². The van der Waals surface area contributed by atoms with Crippen LogP contribution in [0, 0.1) is 5.82 Å². The number of para-hydroxylation sites is 1. The Morgan fingerprint density at radius 1 is 0.875 bits per heavy atom. The average Bonchev–Trinajstić information content (AvgIpc) is 2.96. The topological polar surface area (TPSA) is 86.8 Å². The molecule has 0 radical (unpaired) electrons. The van der Waals surface area contributed by atoms with E-state index >= 15 is 0 Å². The summed E-state index contributed by atoms with van der Waals surface area (Å²) in [5.41, 5.74) is 1.79. The summed E-state index contributed by atoms with van der Waals surface area (Å²) in [4.78, 5) is 28.9. The lowest BCUT2D eigenvalue weighted by molar-refractivity contribution is -0.140. The first kappa shape index (κ1) is 30.8. The fourth-order valence-electron chi connectivity index (χ4n) is 4.43.